The van der Waals surface area contributed by atoms with Gasteiger partial charge < -0.3 is 25.7 Å². The Hall–Kier alpha value is -3.67. The Morgan fingerprint density at radius 2 is 1.91 bits per heavy atom. The van der Waals surface area contributed by atoms with Gasteiger partial charge in [-0.25, -0.2) is 14.8 Å². The van der Waals surface area contributed by atoms with Crippen LogP contribution < -0.4 is 10.6 Å². The Morgan fingerprint density at radius 1 is 1.18 bits per heavy atom. The van der Waals surface area contributed by atoms with Crippen molar-refractivity contribution in [3.63, 3.8) is 0 Å². The quantitative estimate of drug-likeness (QED) is 0.394. The maximum Gasteiger partial charge on any atom is 0.490 e. The van der Waals surface area contributed by atoms with E-state index in [1.165, 1.54) is 0 Å². The van der Waals surface area contributed by atoms with Crippen LogP contribution >= 0.6 is 0 Å². The van der Waals surface area contributed by atoms with Crippen molar-refractivity contribution in [2.24, 2.45) is 0 Å². The molecule has 0 aliphatic carbocycles. The van der Waals surface area contributed by atoms with Crippen LogP contribution in [0.5, 0.6) is 0 Å². The van der Waals surface area contributed by atoms with E-state index >= 15 is 0 Å². The maximum absolute atomic E-state index is 12.4. The van der Waals surface area contributed by atoms with E-state index in [1.807, 2.05) is 24.3 Å². The van der Waals surface area contributed by atoms with Crippen molar-refractivity contribution in [2.75, 3.05) is 13.1 Å². The van der Waals surface area contributed by atoms with Crippen molar-refractivity contribution >= 4 is 11.9 Å². The van der Waals surface area contributed by atoms with Crippen molar-refractivity contribution in [3.05, 3.63) is 59.9 Å². The Labute approximate surface area is 186 Å². The molecule has 1 saturated heterocycles. The summed E-state index contributed by atoms with van der Waals surface area (Å²) in [4.78, 5) is 36.3. The summed E-state index contributed by atoms with van der Waals surface area (Å²) in [5.41, 5.74) is 2.53. The highest BCUT2D eigenvalue weighted by Crippen LogP contribution is 2.22. The van der Waals surface area contributed by atoms with Gasteiger partial charge in [-0.05, 0) is 37.6 Å². The summed E-state index contributed by atoms with van der Waals surface area (Å²) < 4.78 is 31.7. The van der Waals surface area contributed by atoms with Gasteiger partial charge >= 0.3 is 12.1 Å². The van der Waals surface area contributed by atoms with Crippen molar-refractivity contribution in [2.45, 2.75) is 31.5 Å². The normalized spacial score (nSPS) is 14.3. The number of alkyl halides is 3. The summed E-state index contributed by atoms with van der Waals surface area (Å²) in [5, 5.41) is 13.4. The third-order valence-corrected chi connectivity index (χ3v) is 4.96. The molecule has 33 heavy (non-hydrogen) atoms. The summed E-state index contributed by atoms with van der Waals surface area (Å²) in [5.74, 6) is -0.758. The number of piperidine rings is 1. The van der Waals surface area contributed by atoms with Gasteiger partial charge in [0.15, 0.2) is 0 Å². The number of carboxylic acid groups (broad SMARTS) is 1. The molecule has 3 heterocycles. The van der Waals surface area contributed by atoms with Crippen LogP contribution in [0, 0.1) is 0 Å². The van der Waals surface area contributed by atoms with Crippen molar-refractivity contribution < 1.29 is 27.9 Å². The predicted molar refractivity (Wildman–Crippen MR) is 112 cm³/mol. The lowest BCUT2D eigenvalue weighted by Crippen LogP contribution is -2.27. The number of halogens is 3. The third-order valence-electron chi connectivity index (χ3n) is 4.96. The summed E-state index contributed by atoms with van der Waals surface area (Å²) in [6.07, 6.45) is 2.16. The van der Waals surface area contributed by atoms with Crippen LogP contribution in [0.4, 0.5) is 13.2 Å². The molecule has 1 aliphatic rings. The largest absolute Gasteiger partial charge is 0.490 e. The highest BCUT2D eigenvalue weighted by atomic mass is 19.4. The molecule has 1 aromatic carbocycles. The van der Waals surface area contributed by atoms with Crippen LogP contribution in [0.3, 0.4) is 0 Å². The van der Waals surface area contributed by atoms with Gasteiger partial charge in [0, 0.05) is 30.4 Å². The molecule has 0 unspecified atom stereocenters. The molecule has 0 spiro atoms. The molecular formula is C21H23F3N6O3. The SMILES string of the molecule is O=C(NCc1cccc(-c2ncc[nH]2)c1)c1cnc(C2CCNCC2)[nH]1.O=C(O)C(F)(F)F. The molecule has 176 valence electrons. The number of carbonyl (C=O) groups is 2. The molecule has 0 bridgehead atoms. The summed E-state index contributed by atoms with van der Waals surface area (Å²) in [6, 6.07) is 7.96. The minimum absolute atomic E-state index is 0.138. The van der Waals surface area contributed by atoms with Gasteiger partial charge in [0.1, 0.15) is 17.3 Å². The van der Waals surface area contributed by atoms with E-state index < -0.39 is 12.1 Å². The van der Waals surface area contributed by atoms with Gasteiger partial charge in [-0.1, -0.05) is 18.2 Å². The smallest absolute Gasteiger partial charge is 0.475 e. The number of imidazole rings is 2. The van der Waals surface area contributed by atoms with Gasteiger partial charge in [0.25, 0.3) is 5.91 Å². The number of nitrogens with one attached hydrogen (secondary N) is 4. The van der Waals surface area contributed by atoms with Gasteiger partial charge in [-0.2, -0.15) is 13.2 Å². The van der Waals surface area contributed by atoms with Crippen molar-refractivity contribution in [3.8, 4) is 11.4 Å². The first-order valence-electron chi connectivity index (χ1n) is 10.2. The van der Waals surface area contributed by atoms with E-state index in [4.69, 9.17) is 9.90 Å². The minimum Gasteiger partial charge on any atom is -0.475 e. The molecule has 3 aromatic rings. The zero-order valence-corrected chi connectivity index (χ0v) is 17.4. The third kappa shape index (κ3) is 6.91. The molecule has 12 heteroatoms. The number of nitrogens with zero attached hydrogens (tertiary/aromatic N) is 2. The number of aliphatic carboxylic acids is 1. The first kappa shape index (κ1) is 24.0. The molecule has 1 aliphatic heterocycles. The topological polar surface area (TPSA) is 136 Å². The fourth-order valence-electron chi connectivity index (χ4n) is 3.28. The van der Waals surface area contributed by atoms with Crippen molar-refractivity contribution in [1.82, 2.24) is 30.6 Å². The number of rotatable bonds is 5. The standard InChI is InChI=1S/C19H22N6O.C2HF3O2/c26-19(16-12-23-18(25-16)14-4-6-20-7-5-14)24-11-13-2-1-3-15(10-13)17-21-8-9-22-17;3-2(4,5)1(6)7/h1-3,8-10,12,14,20H,4-7,11H2,(H,21,22)(H,23,25)(H,24,26);(H,6,7). The number of hydrogen-bond donors (Lipinski definition) is 5. The minimum atomic E-state index is -5.08. The summed E-state index contributed by atoms with van der Waals surface area (Å²) in [6.45, 7) is 2.45. The fourth-order valence-corrected chi connectivity index (χ4v) is 3.28. The van der Waals surface area contributed by atoms with Gasteiger partial charge in [0.05, 0.1) is 6.20 Å². The fraction of sp³-hybridized carbons (Fsp3) is 0.333. The van der Waals surface area contributed by atoms with Crippen LogP contribution in [0.25, 0.3) is 11.4 Å². The van der Waals surface area contributed by atoms with Crippen molar-refractivity contribution in [1.29, 1.82) is 0 Å². The number of hydrogen-bond acceptors (Lipinski definition) is 5. The zero-order valence-electron chi connectivity index (χ0n) is 17.4. The molecule has 5 N–H and O–H groups in total. The Bertz CT molecular complexity index is 1060. The van der Waals surface area contributed by atoms with Crippen LogP contribution in [0.15, 0.2) is 42.9 Å². The second-order valence-electron chi connectivity index (χ2n) is 7.33. The van der Waals surface area contributed by atoms with Crippen LogP contribution in [-0.4, -0.2) is 56.2 Å². The van der Waals surface area contributed by atoms with Gasteiger partial charge in [0.2, 0.25) is 0 Å². The molecule has 9 nitrogen and oxygen atoms in total. The molecular weight excluding hydrogens is 441 g/mol. The highest BCUT2D eigenvalue weighted by molar-refractivity contribution is 5.92. The molecule has 0 atom stereocenters. The van der Waals surface area contributed by atoms with E-state index in [0.29, 0.717) is 18.2 Å². The van der Waals surface area contributed by atoms with Gasteiger partial charge in [-0.15, -0.1) is 0 Å². The predicted octanol–water partition coefficient (Wildman–Crippen LogP) is 2.83. The maximum atomic E-state index is 12.4. The second kappa shape index (κ2) is 10.8. The number of aromatic nitrogens is 4. The first-order chi connectivity index (χ1) is 15.7. The summed E-state index contributed by atoms with van der Waals surface area (Å²) in [7, 11) is 0. The van der Waals surface area contributed by atoms with Crippen LogP contribution in [0.2, 0.25) is 0 Å². The molecule has 0 saturated carbocycles. The van der Waals surface area contributed by atoms with E-state index in [0.717, 1.165) is 48.7 Å². The molecule has 1 fully saturated rings. The van der Waals surface area contributed by atoms with E-state index in [9.17, 15) is 18.0 Å². The average molecular weight is 464 g/mol. The van der Waals surface area contributed by atoms with Crippen LogP contribution in [0.1, 0.15) is 40.6 Å². The second-order valence-corrected chi connectivity index (χ2v) is 7.33. The lowest BCUT2D eigenvalue weighted by molar-refractivity contribution is -0.192. The zero-order chi connectivity index (χ0) is 23.8. The Balaban J connectivity index is 0.000000383. The average Bonchev–Trinajstić information content (AvgIpc) is 3.51. The number of carboxylic acids is 1. The number of carbonyl (C=O) groups excluding carboxylic acids is 1. The summed E-state index contributed by atoms with van der Waals surface area (Å²) >= 11 is 0. The Morgan fingerprint density at radius 3 is 2.55 bits per heavy atom. The number of aromatic amines is 2. The lowest BCUT2D eigenvalue weighted by atomic mass is 9.98. The number of H-pyrrole nitrogens is 2. The Kier molecular flexibility index (Phi) is 7.83. The lowest BCUT2D eigenvalue weighted by Gasteiger charge is -2.20. The molecule has 1 amide bonds. The molecule has 0 radical (unpaired) electrons. The highest BCUT2D eigenvalue weighted by Gasteiger charge is 2.38. The van der Waals surface area contributed by atoms with E-state index in [2.05, 4.69) is 30.6 Å². The number of benzene rings is 1. The van der Waals surface area contributed by atoms with E-state index in [1.54, 1.807) is 18.6 Å². The first-order valence-corrected chi connectivity index (χ1v) is 10.2. The molecule has 4 rings (SSSR count). The number of amides is 1. The van der Waals surface area contributed by atoms with E-state index in [-0.39, 0.29) is 5.91 Å². The van der Waals surface area contributed by atoms with Gasteiger partial charge in [-0.3, -0.25) is 4.79 Å². The monoisotopic (exact) mass is 464 g/mol. The molecule has 2 aromatic heterocycles. The van der Waals surface area contributed by atoms with Crippen LogP contribution in [-0.2, 0) is 11.3 Å².